The minimum Gasteiger partial charge on any atom is -0.486 e. The van der Waals surface area contributed by atoms with Gasteiger partial charge in [-0.25, -0.2) is 0 Å². The number of rotatable bonds is 2. The van der Waals surface area contributed by atoms with Gasteiger partial charge < -0.3 is 24.0 Å². The standard InChI is InChI=1S/C17H22N2O4/c20-17(15-2-1-9-21-15)19-7-5-18(6-8-19)13-3-4-14-16(12-13)23-11-10-22-14/h3-4,12,15H,1-2,5-11H2. The molecular formula is C17H22N2O4. The molecule has 3 aliphatic heterocycles. The number of hydrogen-bond donors (Lipinski definition) is 0. The predicted octanol–water partition coefficient (Wildman–Crippen LogP) is 1.29. The Morgan fingerprint density at radius 3 is 2.52 bits per heavy atom. The van der Waals surface area contributed by atoms with Gasteiger partial charge in [0, 0.05) is 44.5 Å². The number of hydrogen-bond acceptors (Lipinski definition) is 5. The van der Waals surface area contributed by atoms with Crippen LogP contribution in [0.5, 0.6) is 11.5 Å². The fraction of sp³-hybridized carbons (Fsp3) is 0.588. The molecule has 1 amide bonds. The molecule has 0 aromatic heterocycles. The Morgan fingerprint density at radius 1 is 1.00 bits per heavy atom. The molecule has 0 aliphatic carbocycles. The lowest BCUT2D eigenvalue weighted by Crippen LogP contribution is -2.51. The fourth-order valence-corrected chi connectivity index (χ4v) is 3.39. The largest absolute Gasteiger partial charge is 0.486 e. The molecule has 0 saturated carbocycles. The van der Waals surface area contributed by atoms with E-state index in [0.29, 0.717) is 19.8 Å². The van der Waals surface area contributed by atoms with Gasteiger partial charge >= 0.3 is 0 Å². The number of amides is 1. The molecule has 0 bridgehead atoms. The highest BCUT2D eigenvalue weighted by Crippen LogP contribution is 2.34. The van der Waals surface area contributed by atoms with E-state index in [2.05, 4.69) is 11.0 Å². The van der Waals surface area contributed by atoms with Gasteiger partial charge in [0.25, 0.3) is 5.91 Å². The van der Waals surface area contributed by atoms with Crippen LogP contribution in [0, 0.1) is 0 Å². The molecule has 2 saturated heterocycles. The van der Waals surface area contributed by atoms with Crippen molar-refractivity contribution < 1.29 is 19.0 Å². The molecule has 1 aromatic carbocycles. The van der Waals surface area contributed by atoms with E-state index in [1.807, 2.05) is 17.0 Å². The van der Waals surface area contributed by atoms with Crippen LogP contribution in [0.3, 0.4) is 0 Å². The topological polar surface area (TPSA) is 51.2 Å². The van der Waals surface area contributed by atoms with Crippen molar-refractivity contribution in [2.24, 2.45) is 0 Å². The molecule has 3 heterocycles. The summed E-state index contributed by atoms with van der Waals surface area (Å²) < 4.78 is 16.7. The van der Waals surface area contributed by atoms with Gasteiger partial charge in [-0.2, -0.15) is 0 Å². The maximum Gasteiger partial charge on any atom is 0.251 e. The Kier molecular flexibility index (Phi) is 3.99. The van der Waals surface area contributed by atoms with Crippen molar-refractivity contribution in [1.29, 1.82) is 0 Å². The van der Waals surface area contributed by atoms with Crippen LogP contribution in [0.25, 0.3) is 0 Å². The van der Waals surface area contributed by atoms with Crippen LogP contribution in [-0.4, -0.2) is 62.9 Å². The number of ether oxygens (including phenoxy) is 3. The van der Waals surface area contributed by atoms with Crippen LogP contribution in [0.1, 0.15) is 12.8 Å². The normalized spacial score (nSPS) is 23.9. The molecule has 3 aliphatic rings. The molecule has 0 N–H and O–H groups in total. The number of benzene rings is 1. The highest BCUT2D eigenvalue weighted by molar-refractivity contribution is 5.81. The van der Waals surface area contributed by atoms with E-state index in [-0.39, 0.29) is 12.0 Å². The van der Waals surface area contributed by atoms with Crippen LogP contribution in [0.15, 0.2) is 18.2 Å². The Morgan fingerprint density at radius 2 is 1.78 bits per heavy atom. The molecule has 6 heteroatoms. The summed E-state index contributed by atoms with van der Waals surface area (Å²) in [6, 6.07) is 6.06. The van der Waals surface area contributed by atoms with Crippen LogP contribution < -0.4 is 14.4 Å². The molecule has 1 aromatic rings. The van der Waals surface area contributed by atoms with Crippen LogP contribution in [0.4, 0.5) is 5.69 Å². The fourth-order valence-electron chi connectivity index (χ4n) is 3.39. The van der Waals surface area contributed by atoms with E-state index >= 15 is 0 Å². The van der Waals surface area contributed by atoms with Crippen LogP contribution in [0.2, 0.25) is 0 Å². The van der Waals surface area contributed by atoms with E-state index in [1.165, 1.54) is 0 Å². The van der Waals surface area contributed by atoms with E-state index < -0.39 is 0 Å². The number of nitrogens with zero attached hydrogens (tertiary/aromatic N) is 2. The molecule has 124 valence electrons. The summed E-state index contributed by atoms with van der Waals surface area (Å²) in [7, 11) is 0. The van der Waals surface area contributed by atoms with Crippen LogP contribution in [-0.2, 0) is 9.53 Å². The van der Waals surface area contributed by atoms with Gasteiger partial charge in [0.2, 0.25) is 0 Å². The van der Waals surface area contributed by atoms with E-state index in [1.54, 1.807) is 0 Å². The highest BCUT2D eigenvalue weighted by atomic mass is 16.6. The molecule has 4 rings (SSSR count). The number of anilines is 1. The molecule has 23 heavy (non-hydrogen) atoms. The first-order chi connectivity index (χ1) is 11.3. The second kappa shape index (κ2) is 6.28. The molecule has 1 unspecified atom stereocenters. The number of carbonyl (C=O) groups excluding carboxylic acids is 1. The smallest absolute Gasteiger partial charge is 0.251 e. The van der Waals surface area contributed by atoms with E-state index in [0.717, 1.165) is 56.2 Å². The minimum atomic E-state index is -0.212. The monoisotopic (exact) mass is 318 g/mol. The maximum absolute atomic E-state index is 12.4. The summed E-state index contributed by atoms with van der Waals surface area (Å²) in [5.41, 5.74) is 1.12. The third kappa shape index (κ3) is 2.95. The third-order valence-corrected chi connectivity index (χ3v) is 4.69. The molecule has 0 radical (unpaired) electrons. The summed E-state index contributed by atoms with van der Waals surface area (Å²) in [4.78, 5) is 16.6. The summed E-state index contributed by atoms with van der Waals surface area (Å²) in [5, 5.41) is 0. The van der Waals surface area contributed by atoms with Crippen molar-refractivity contribution in [1.82, 2.24) is 4.90 Å². The minimum absolute atomic E-state index is 0.157. The van der Waals surface area contributed by atoms with Gasteiger partial charge in [-0.05, 0) is 25.0 Å². The SMILES string of the molecule is O=C(C1CCCO1)N1CCN(c2ccc3c(c2)OCCO3)CC1. The molecule has 1 atom stereocenters. The number of fused-ring (bicyclic) bond motifs is 1. The summed E-state index contributed by atoms with van der Waals surface area (Å²) in [6.07, 6.45) is 1.64. The van der Waals surface area contributed by atoms with Crippen LogP contribution >= 0.6 is 0 Å². The highest BCUT2D eigenvalue weighted by Gasteiger charge is 2.30. The Hall–Kier alpha value is -1.95. The third-order valence-electron chi connectivity index (χ3n) is 4.69. The van der Waals surface area contributed by atoms with Crippen molar-refractivity contribution in [3.05, 3.63) is 18.2 Å². The van der Waals surface area contributed by atoms with Crippen molar-refractivity contribution >= 4 is 11.6 Å². The molecular weight excluding hydrogens is 296 g/mol. The Balaban J connectivity index is 1.38. The van der Waals surface area contributed by atoms with Crippen molar-refractivity contribution in [3.63, 3.8) is 0 Å². The van der Waals surface area contributed by atoms with Gasteiger partial charge in [-0.1, -0.05) is 0 Å². The van der Waals surface area contributed by atoms with Crippen molar-refractivity contribution in [3.8, 4) is 11.5 Å². The second-order valence-electron chi connectivity index (χ2n) is 6.14. The predicted molar refractivity (Wildman–Crippen MR) is 85.2 cm³/mol. The summed E-state index contributed by atoms with van der Waals surface area (Å²) in [5.74, 6) is 1.78. The lowest BCUT2D eigenvalue weighted by atomic mass is 10.2. The average molecular weight is 318 g/mol. The zero-order valence-corrected chi connectivity index (χ0v) is 13.2. The molecule has 6 nitrogen and oxygen atoms in total. The first-order valence-corrected chi connectivity index (χ1v) is 8.36. The lowest BCUT2D eigenvalue weighted by Gasteiger charge is -2.37. The average Bonchev–Trinajstić information content (AvgIpc) is 3.15. The number of carbonyl (C=O) groups is 1. The maximum atomic E-state index is 12.4. The molecule has 2 fully saturated rings. The Bertz CT molecular complexity index is 578. The van der Waals surface area contributed by atoms with Gasteiger partial charge in [0.05, 0.1) is 0 Å². The van der Waals surface area contributed by atoms with Gasteiger partial charge in [0.15, 0.2) is 11.5 Å². The van der Waals surface area contributed by atoms with Crippen molar-refractivity contribution in [2.45, 2.75) is 18.9 Å². The quantitative estimate of drug-likeness (QED) is 0.822. The van der Waals surface area contributed by atoms with Gasteiger partial charge in [-0.3, -0.25) is 4.79 Å². The zero-order valence-electron chi connectivity index (χ0n) is 13.2. The van der Waals surface area contributed by atoms with Crippen molar-refractivity contribution in [2.75, 3.05) is 50.9 Å². The first-order valence-electron chi connectivity index (χ1n) is 8.36. The Labute approximate surface area is 135 Å². The van der Waals surface area contributed by atoms with E-state index in [4.69, 9.17) is 14.2 Å². The lowest BCUT2D eigenvalue weighted by molar-refractivity contribution is -0.141. The van der Waals surface area contributed by atoms with Gasteiger partial charge in [0.1, 0.15) is 19.3 Å². The van der Waals surface area contributed by atoms with Gasteiger partial charge in [-0.15, -0.1) is 0 Å². The van der Waals surface area contributed by atoms with E-state index in [9.17, 15) is 4.79 Å². The number of piperazine rings is 1. The second-order valence-corrected chi connectivity index (χ2v) is 6.14. The summed E-state index contributed by atoms with van der Waals surface area (Å²) >= 11 is 0. The molecule has 0 spiro atoms. The zero-order chi connectivity index (χ0) is 15.6. The summed E-state index contributed by atoms with van der Waals surface area (Å²) in [6.45, 7) is 5.07. The first kappa shape index (κ1) is 14.6.